The number of nitrogens with zero attached hydrogens (tertiary/aromatic N) is 3. The molecular formula is C17H20N3OS+. The normalized spacial score (nSPS) is 11.4. The van der Waals surface area contributed by atoms with Gasteiger partial charge in [-0.3, -0.25) is 9.20 Å². The average Bonchev–Trinajstić information content (AvgIpc) is 2.99. The van der Waals surface area contributed by atoms with Gasteiger partial charge in [-0.05, 0) is 24.3 Å². The predicted octanol–water partition coefficient (Wildman–Crippen LogP) is 3.00. The van der Waals surface area contributed by atoms with Crippen LogP contribution >= 0.6 is 11.3 Å². The van der Waals surface area contributed by atoms with Crippen molar-refractivity contribution in [2.75, 3.05) is 0 Å². The third kappa shape index (κ3) is 2.95. The summed E-state index contributed by atoms with van der Waals surface area (Å²) in [5.74, 6) is 0.625. The summed E-state index contributed by atoms with van der Waals surface area (Å²) in [6, 6.07) is 5.96. The molecule has 0 bridgehead atoms. The van der Waals surface area contributed by atoms with Crippen LogP contribution in [0, 0.1) is 0 Å². The van der Waals surface area contributed by atoms with Crippen LogP contribution in [0.3, 0.4) is 0 Å². The smallest absolute Gasteiger partial charge is 0.258 e. The standard InChI is InChI=1S/C17H20N3OS/c1-3-13(4-2)14-5-7-19(8-6-14)12-15-11-16(21)20-9-10-22-17(20)18-15/h5-11,13H,3-4,12H2,1-2H3/q+1. The molecule has 3 aromatic heterocycles. The molecule has 0 aromatic carbocycles. The molecule has 0 unspecified atom stereocenters. The molecule has 0 atom stereocenters. The molecule has 0 aliphatic carbocycles. The molecule has 0 saturated carbocycles. The second-order valence-electron chi connectivity index (χ2n) is 5.46. The number of hydrogen-bond donors (Lipinski definition) is 0. The van der Waals surface area contributed by atoms with Crippen LogP contribution in [0.1, 0.15) is 43.9 Å². The zero-order valence-electron chi connectivity index (χ0n) is 12.9. The van der Waals surface area contributed by atoms with Crippen molar-refractivity contribution in [3.63, 3.8) is 0 Å². The maximum absolute atomic E-state index is 12.0. The largest absolute Gasteiger partial charge is 0.269 e. The molecule has 4 nitrogen and oxygen atoms in total. The lowest BCUT2D eigenvalue weighted by molar-refractivity contribution is -0.688. The Morgan fingerprint density at radius 1 is 1.27 bits per heavy atom. The lowest BCUT2D eigenvalue weighted by Gasteiger charge is -2.11. The van der Waals surface area contributed by atoms with E-state index in [9.17, 15) is 4.79 Å². The Hall–Kier alpha value is -2.01. The predicted molar refractivity (Wildman–Crippen MR) is 88.4 cm³/mol. The Morgan fingerprint density at radius 2 is 2.00 bits per heavy atom. The zero-order valence-corrected chi connectivity index (χ0v) is 13.7. The van der Waals surface area contributed by atoms with Gasteiger partial charge in [0.15, 0.2) is 23.9 Å². The van der Waals surface area contributed by atoms with E-state index in [1.165, 1.54) is 16.9 Å². The van der Waals surface area contributed by atoms with Crippen molar-refractivity contribution in [3.8, 4) is 0 Å². The highest BCUT2D eigenvalue weighted by Gasteiger charge is 2.11. The average molecular weight is 314 g/mol. The van der Waals surface area contributed by atoms with Crippen LogP contribution in [0.15, 0.2) is 47.0 Å². The quantitative estimate of drug-likeness (QED) is 0.679. The fourth-order valence-electron chi connectivity index (χ4n) is 2.76. The fraction of sp³-hybridized carbons (Fsp3) is 0.353. The maximum atomic E-state index is 12.0. The molecule has 0 spiro atoms. The Balaban J connectivity index is 1.84. The summed E-state index contributed by atoms with van der Waals surface area (Å²) in [5, 5.41) is 1.88. The minimum atomic E-state index is -0.0181. The Bertz CT molecular complexity index is 816. The minimum Gasteiger partial charge on any atom is -0.269 e. The van der Waals surface area contributed by atoms with Crippen molar-refractivity contribution in [1.29, 1.82) is 0 Å². The van der Waals surface area contributed by atoms with Crippen molar-refractivity contribution in [2.24, 2.45) is 0 Å². The molecule has 0 aliphatic rings. The van der Waals surface area contributed by atoms with Gasteiger partial charge in [-0.15, -0.1) is 11.3 Å². The summed E-state index contributed by atoms with van der Waals surface area (Å²) < 4.78 is 3.65. The van der Waals surface area contributed by atoms with Crippen LogP contribution in [-0.4, -0.2) is 9.38 Å². The fourth-order valence-corrected chi connectivity index (χ4v) is 3.50. The van der Waals surface area contributed by atoms with Crippen LogP contribution in [0.4, 0.5) is 0 Å². The van der Waals surface area contributed by atoms with Crippen molar-refractivity contribution in [2.45, 2.75) is 39.2 Å². The van der Waals surface area contributed by atoms with Crippen LogP contribution in [0.25, 0.3) is 4.96 Å². The first-order chi connectivity index (χ1) is 10.7. The van der Waals surface area contributed by atoms with E-state index in [4.69, 9.17) is 0 Å². The van der Waals surface area contributed by atoms with Crippen LogP contribution in [0.5, 0.6) is 0 Å². The molecule has 0 saturated heterocycles. The first-order valence-electron chi connectivity index (χ1n) is 7.66. The van der Waals surface area contributed by atoms with E-state index in [2.05, 4.69) is 47.9 Å². The lowest BCUT2D eigenvalue weighted by Crippen LogP contribution is -2.34. The van der Waals surface area contributed by atoms with Gasteiger partial charge in [0.05, 0.1) is 0 Å². The molecule has 114 valence electrons. The highest BCUT2D eigenvalue weighted by Crippen LogP contribution is 2.21. The Kier molecular flexibility index (Phi) is 4.34. The van der Waals surface area contributed by atoms with E-state index in [0.717, 1.165) is 23.5 Å². The van der Waals surface area contributed by atoms with Gasteiger partial charge in [-0.2, -0.15) is 4.57 Å². The summed E-state index contributed by atoms with van der Waals surface area (Å²) in [6.07, 6.45) is 8.23. The monoisotopic (exact) mass is 314 g/mol. The summed E-state index contributed by atoms with van der Waals surface area (Å²) >= 11 is 1.48. The van der Waals surface area contributed by atoms with E-state index in [0.29, 0.717) is 12.5 Å². The van der Waals surface area contributed by atoms with E-state index in [-0.39, 0.29) is 5.56 Å². The summed E-state index contributed by atoms with van der Waals surface area (Å²) in [4.78, 5) is 17.3. The summed E-state index contributed by atoms with van der Waals surface area (Å²) in [5.41, 5.74) is 2.16. The molecule has 3 heterocycles. The lowest BCUT2D eigenvalue weighted by atomic mass is 9.95. The minimum absolute atomic E-state index is 0.0181. The molecular weight excluding hydrogens is 294 g/mol. The van der Waals surface area contributed by atoms with Crippen molar-refractivity contribution in [1.82, 2.24) is 9.38 Å². The molecule has 0 fully saturated rings. The SMILES string of the molecule is CCC(CC)c1cc[n+](Cc2cc(=O)n3ccsc3n2)cc1. The van der Waals surface area contributed by atoms with E-state index in [1.807, 2.05) is 5.38 Å². The third-order valence-electron chi connectivity index (χ3n) is 4.07. The van der Waals surface area contributed by atoms with Gasteiger partial charge in [0, 0.05) is 29.8 Å². The third-order valence-corrected chi connectivity index (χ3v) is 4.83. The number of fused-ring (bicyclic) bond motifs is 1. The molecule has 22 heavy (non-hydrogen) atoms. The molecule has 3 aromatic rings. The summed E-state index contributed by atoms with van der Waals surface area (Å²) in [7, 11) is 0. The number of pyridine rings is 1. The molecule has 3 rings (SSSR count). The number of aromatic nitrogens is 3. The van der Waals surface area contributed by atoms with Crippen LogP contribution < -0.4 is 10.1 Å². The number of thiazole rings is 1. The van der Waals surface area contributed by atoms with Crippen molar-refractivity contribution in [3.05, 3.63) is 63.8 Å². The molecule has 0 radical (unpaired) electrons. The van der Waals surface area contributed by atoms with Crippen molar-refractivity contribution >= 4 is 16.3 Å². The van der Waals surface area contributed by atoms with Crippen LogP contribution in [0.2, 0.25) is 0 Å². The van der Waals surface area contributed by atoms with Crippen LogP contribution in [-0.2, 0) is 6.54 Å². The number of hydrogen-bond acceptors (Lipinski definition) is 3. The van der Waals surface area contributed by atoms with Gasteiger partial charge in [-0.1, -0.05) is 13.8 Å². The van der Waals surface area contributed by atoms with E-state index in [1.54, 1.807) is 16.7 Å². The Morgan fingerprint density at radius 3 is 2.68 bits per heavy atom. The second kappa shape index (κ2) is 6.40. The van der Waals surface area contributed by atoms with Gasteiger partial charge in [0.1, 0.15) is 5.69 Å². The number of rotatable bonds is 5. The van der Waals surface area contributed by atoms with E-state index < -0.39 is 0 Å². The van der Waals surface area contributed by atoms with E-state index >= 15 is 0 Å². The van der Waals surface area contributed by atoms with Gasteiger partial charge in [-0.25, -0.2) is 4.98 Å². The van der Waals surface area contributed by atoms with Gasteiger partial charge < -0.3 is 0 Å². The van der Waals surface area contributed by atoms with Gasteiger partial charge in [0.25, 0.3) is 5.56 Å². The maximum Gasteiger partial charge on any atom is 0.258 e. The van der Waals surface area contributed by atoms with Crippen molar-refractivity contribution < 1.29 is 4.57 Å². The van der Waals surface area contributed by atoms with Gasteiger partial charge in [0.2, 0.25) is 0 Å². The molecule has 0 aliphatic heterocycles. The molecule has 0 amide bonds. The Labute approximate surface area is 133 Å². The first kappa shape index (κ1) is 14.9. The zero-order chi connectivity index (χ0) is 15.5. The van der Waals surface area contributed by atoms with Gasteiger partial charge >= 0.3 is 0 Å². The molecule has 5 heteroatoms. The summed E-state index contributed by atoms with van der Waals surface area (Å²) in [6.45, 7) is 5.07. The highest BCUT2D eigenvalue weighted by molar-refractivity contribution is 7.15. The molecule has 0 N–H and O–H groups in total. The first-order valence-corrected chi connectivity index (χ1v) is 8.54. The topological polar surface area (TPSA) is 38.2 Å². The highest BCUT2D eigenvalue weighted by atomic mass is 32.1. The second-order valence-corrected chi connectivity index (χ2v) is 6.33.